The van der Waals surface area contributed by atoms with Crippen LogP contribution in [0.15, 0.2) is 47.5 Å². The number of nitrogens with zero attached hydrogens (tertiary/aromatic N) is 2. The van der Waals surface area contributed by atoms with Crippen LogP contribution in [0.25, 0.3) is 0 Å². The number of anilines is 1. The van der Waals surface area contributed by atoms with Crippen LogP contribution >= 0.6 is 0 Å². The molecule has 0 fully saturated rings. The summed E-state index contributed by atoms with van der Waals surface area (Å²) in [5.41, 5.74) is 2.91. The summed E-state index contributed by atoms with van der Waals surface area (Å²) < 4.78 is 5.02. The molecule has 0 saturated carbocycles. The summed E-state index contributed by atoms with van der Waals surface area (Å²) in [7, 11) is 1.53. The van der Waals surface area contributed by atoms with Crippen molar-refractivity contribution in [1.29, 1.82) is 0 Å². The summed E-state index contributed by atoms with van der Waals surface area (Å²) >= 11 is 0. The predicted molar refractivity (Wildman–Crippen MR) is 91.9 cm³/mol. The highest BCUT2D eigenvalue weighted by atomic mass is 16.5. The van der Waals surface area contributed by atoms with Crippen molar-refractivity contribution >= 4 is 17.6 Å². The molecule has 0 unspecified atom stereocenters. The van der Waals surface area contributed by atoms with Crippen LogP contribution in [-0.4, -0.2) is 31.5 Å². The summed E-state index contributed by atoms with van der Waals surface area (Å²) in [5.74, 6) is 0.573. The molecule has 0 spiro atoms. The topological polar surface area (TPSA) is 45.1 Å². The Kier molecular flexibility index (Phi) is 5.42. The average Bonchev–Trinajstić information content (AvgIpc) is 2.55. The van der Waals surface area contributed by atoms with E-state index in [0.29, 0.717) is 5.75 Å². The molecule has 0 aliphatic heterocycles. The maximum absolute atomic E-state index is 9.75. The van der Waals surface area contributed by atoms with Crippen molar-refractivity contribution < 1.29 is 9.84 Å². The van der Waals surface area contributed by atoms with Gasteiger partial charge in [0.1, 0.15) is 0 Å². The van der Waals surface area contributed by atoms with Gasteiger partial charge in [-0.2, -0.15) is 0 Å². The molecule has 0 aromatic heterocycles. The molecule has 0 bridgehead atoms. The molecule has 0 radical (unpaired) electrons. The second-order valence-corrected chi connectivity index (χ2v) is 4.88. The van der Waals surface area contributed by atoms with Crippen molar-refractivity contribution in [2.24, 2.45) is 4.99 Å². The van der Waals surface area contributed by atoms with Crippen LogP contribution in [0.3, 0.4) is 0 Å². The number of ether oxygens (including phenoxy) is 1. The van der Waals surface area contributed by atoms with Crippen LogP contribution in [0.2, 0.25) is 0 Å². The second-order valence-electron chi connectivity index (χ2n) is 4.88. The predicted octanol–water partition coefficient (Wildman–Crippen LogP) is 4.00. The Morgan fingerprint density at radius 3 is 2.32 bits per heavy atom. The monoisotopic (exact) mass is 298 g/mol. The van der Waals surface area contributed by atoms with Gasteiger partial charge in [0.15, 0.2) is 11.5 Å². The first-order chi connectivity index (χ1) is 10.7. The van der Waals surface area contributed by atoms with Crippen molar-refractivity contribution in [3.05, 3.63) is 48.0 Å². The van der Waals surface area contributed by atoms with Gasteiger partial charge in [-0.25, -0.2) is 0 Å². The van der Waals surface area contributed by atoms with Crippen molar-refractivity contribution in [3.8, 4) is 11.5 Å². The van der Waals surface area contributed by atoms with Crippen molar-refractivity contribution in [3.63, 3.8) is 0 Å². The maximum atomic E-state index is 9.75. The molecule has 0 aliphatic carbocycles. The van der Waals surface area contributed by atoms with Gasteiger partial charge in [0.25, 0.3) is 0 Å². The highest BCUT2D eigenvalue weighted by Crippen LogP contribution is 2.26. The maximum Gasteiger partial charge on any atom is 0.160 e. The molecular weight excluding hydrogens is 276 g/mol. The average molecular weight is 298 g/mol. The van der Waals surface area contributed by atoms with E-state index < -0.39 is 0 Å². The van der Waals surface area contributed by atoms with Crippen LogP contribution in [0.4, 0.5) is 11.4 Å². The van der Waals surface area contributed by atoms with Gasteiger partial charge in [0.05, 0.1) is 12.8 Å². The van der Waals surface area contributed by atoms with Crippen LogP contribution < -0.4 is 9.64 Å². The molecule has 1 N–H and O–H groups in total. The Morgan fingerprint density at radius 2 is 1.77 bits per heavy atom. The number of methoxy groups -OCH3 is 1. The number of rotatable bonds is 6. The van der Waals surface area contributed by atoms with E-state index in [1.165, 1.54) is 12.8 Å². The van der Waals surface area contributed by atoms with Crippen LogP contribution in [0.5, 0.6) is 11.5 Å². The van der Waals surface area contributed by atoms with Crippen molar-refractivity contribution in [2.45, 2.75) is 13.8 Å². The largest absolute Gasteiger partial charge is 0.504 e. The number of benzene rings is 2. The molecule has 2 aromatic carbocycles. The van der Waals surface area contributed by atoms with E-state index in [4.69, 9.17) is 4.74 Å². The Hall–Kier alpha value is -2.49. The van der Waals surface area contributed by atoms with E-state index in [9.17, 15) is 5.11 Å². The SMILES string of the molecule is CCN(CC)c1ccc(N=Cc2ccc(OC)c(O)c2)cc1. The molecule has 0 heterocycles. The first-order valence-electron chi connectivity index (χ1n) is 7.44. The van der Waals surface area contributed by atoms with Crippen molar-refractivity contribution in [2.75, 3.05) is 25.1 Å². The van der Waals surface area contributed by atoms with Gasteiger partial charge >= 0.3 is 0 Å². The molecule has 116 valence electrons. The Labute approximate surface area is 131 Å². The normalized spacial score (nSPS) is 10.9. The molecule has 22 heavy (non-hydrogen) atoms. The smallest absolute Gasteiger partial charge is 0.160 e. The number of aromatic hydroxyl groups is 1. The van der Waals surface area contributed by atoms with Crippen molar-refractivity contribution in [1.82, 2.24) is 0 Å². The second kappa shape index (κ2) is 7.50. The van der Waals surface area contributed by atoms with E-state index >= 15 is 0 Å². The third-order valence-electron chi connectivity index (χ3n) is 3.54. The van der Waals surface area contributed by atoms with Gasteiger partial charge in [0.2, 0.25) is 0 Å². The minimum atomic E-state index is 0.114. The van der Waals surface area contributed by atoms with E-state index in [1.807, 2.05) is 18.2 Å². The summed E-state index contributed by atoms with van der Waals surface area (Å²) in [4.78, 5) is 6.72. The van der Waals surface area contributed by atoms with Gasteiger partial charge in [-0.15, -0.1) is 0 Å². The van der Waals surface area contributed by atoms with Gasteiger partial charge in [-0.05, 0) is 61.9 Å². The lowest BCUT2D eigenvalue weighted by atomic mass is 10.2. The third kappa shape index (κ3) is 3.79. The van der Waals surface area contributed by atoms with Gasteiger partial charge in [-0.3, -0.25) is 4.99 Å². The zero-order valence-corrected chi connectivity index (χ0v) is 13.3. The van der Waals surface area contributed by atoms with Crippen LogP contribution in [-0.2, 0) is 0 Å². The first-order valence-corrected chi connectivity index (χ1v) is 7.44. The molecular formula is C18H22N2O2. The summed E-state index contributed by atoms with van der Waals surface area (Å²) in [6, 6.07) is 13.3. The van der Waals surface area contributed by atoms with Gasteiger partial charge < -0.3 is 14.7 Å². The van der Waals surface area contributed by atoms with Crippen LogP contribution in [0, 0.1) is 0 Å². The molecule has 0 amide bonds. The summed E-state index contributed by atoms with van der Waals surface area (Å²) in [6.07, 6.45) is 1.73. The lowest BCUT2D eigenvalue weighted by Gasteiger charge is -2.20. The number of aliphatic imine (C=N–C) groups is 1. The fraction of sp³-hybridized carbons (Fsp3) is 0.278. The first kappa shape index (κ1) is 15.9. The fourth-order valence-corrected chi connectivity index (χ4v) is 2.27. The van der Waals surface area contributed by atoms with E-state index in [0.717, 1.165) is 24.3 Å². The van der Waals surface area contributed by atoms with Crippen LogP contribution in [0.1, 0.15) is 19.4 Å². The quantitative estimate of drug-likeness (QED) is 0.820. The fourth-order valence-electron chi connectivity index (χ4n) is 2.27. The third-order valence-corrected chi connectivity index (χ3v) is 3.54. The molecule has 4 nitrogen and oxygen atoms in total. The molecule has 0 aliphatic rings. The molecule has 2 rings (SSSR count). The summed E-state index contributed by atoms with van der Waals surface area (Å²) in [5, 5.41) is 9.75. The lowest BCUT2D eigenvalue weighted by molar-refractivity contribution is 0.373. The van der Waals surface area contributed by atoms with E-state index in [1.54, 1.807) is 18.3 Å². The number of hydrogen-bond acceptors (Lipinski definition) is 4. The molecule has 0 atom stereocenters. The Bertz CT molecular complexity index is 632. The zero-order valence-electron chi connectivity index (χ0n) is 13.3. The number of phenolic OH excluding ortho intramolecular Hbond substituents is 1. The molecule has 2 aromatic rings. The number of phenols is 1. The Balaban J connectivity index is 2.11. The summed E-state index contributed by atoms with van der Waals surface area (Å²) in [6.45, 7) is 6.27. The minimum absolute atomic E-state index is 0.114. The number of hydrogen-bond donors (Lipinski definition) is 1. The van der Waals surface area contributed by atoms with Gasteiger partial charge in [-0.1, -0.05) is 0 Å². The van der Waals surface area contributed by atoms with E-state index in [-0.39, 0.29) is 5.75 Å². The Morgan fingerprint density at radius 1 is 1.09 bits per heavy atom. The highest BCUT2D eigenvalue weighted by Gasteiger charge is 2.02. The zero-order chi connectivity index (χ0) is 15.9. The van der Waals surface area contributed by atoms with Gasteiger partial charge in [0, 0.05) is 25.0 Å². The standard InChI is InChI=1S/C18H22N2O2/c1-4-20(5-2)16-9-7-15(8-10-16)19-13-14-6-11-18(22-3)17(21)12-14/h6-13,21H,4-5H2,1-3H3. The highest BCUT2D eigenvalue weighted by molar-refractivity contribution is 5.83. The minimum Gasteiger partial charge on any atom is -0.504 e. The molecule has 0 saturated heterocycles. The molecule has 4 heteroatoms. The lowest BCUT2D eigenvalue weighted by Crippen LogP contribution is -2.21. The van der Waals surface area contributed by atoms with E-state index in [2.05, 4.69) is 35.9 Å².